The Balaban J connectivity index is 0.962. The zero-order valence-corrected chi connectivity index (χ0v) is 36.7. The summed E-state index contributed by atoms with van der Waals surface area (Å²) < 4.78 is 21.7. The van der Waals surface area contributed by atoms with Gasteiger partial charge in [0.15, 0.2) is 0 Å². The topological polar surface area (TPSA) is 193 Å². The summed E-state index contributed by atoms with van der Waals surface area (Å²) in [4.78, 5) is 73.5. The first kappa shape index (κ1) is 42.2. The van der Waals surface area contributed by atoms with E-state index in [1.54, 1.807) is 0 Å². The molecule has 16 nitrogen and oxygen atoms in total. The van der Waals surface area contributed by atoms with Gasteiger partial charge in [-0.05, 0) is 103 Å². The van der Waals surface area contributed by atoms with E-state index in [1.165, 1.54) is 14.2 Å². The normalized spacial score (nSPS) is 22.1. The minimum Gasteiger partial charge on any atom is -0.488 e. The Labute approximate surface area is 365 Å². The molecule has 5 aromatic rings. The predicted molar refractivity (Wildman–Crippen MR) is 235 cm³/mol. The number of methoxy groups -OCH3 is 2. The Hall–Kier alpha value is -6.16. The number of amides is 4. The van der Waals surface area contributed by atoms with E-state index in [9.17, 15) is 19.2 Å². The quantitative estimate of drug-likeness (QED) is 0.118. The number of fused-ring (bicyclic) bond motifs is 6. The van der Waals surface area contributed by atoms with E-state index in [0.29, 0.717) is 50.9 Å². The zero-order chi connectivity index (χ0) is 44.1. The Morgan fingerprint density at radius 3 is 2.40 bits per heavy atom. The summed E-state index contributed by atoms with van der Waals surface area (Å²) in [6.07, 6.45) is 4.31. The Bertz CT molecular complexity index is 2560. The summed E-state index contributed by atoms with van der Waals surface area (Å²) in [6, 6.07) is 12.7. The molecule has 332 valence electrons. The molecule has 0 saturated carbocycles. The number of aromatic nitrogens is 4. The largest absolute Gasteiger partial charge is 0.488 e. The molecule has 6 heterocycles. The smallest absolute Gasteiger partial charge is 0.407 e. The van der Waals surface area contributed by atoms with Gasteiger partial charge in [-0.25, -0.2) is 19.6 Å². The maximum atomic E-state index is 14.2. The number of H-pyrrole nitrogens is 2. The molecule has 3 saturated heterocycles. The van der Waals surface area contributed by atoms with E-state index in [1.807, 2.05) is 42.8 Å². The minimum atomic E-state index is -0.728. The number of hydrogen-bond acceptors (Lipinski definition) is 10. The average Bonchev–Trinajstić information content (AvgIpc) is 4.12. The number of nitrogens with one attached hydrogen (secondary N) is 4. The standard InChI is InChI=1S/C47H56N8O8/c1-24(2)38(52-46(58)60-5)45(57)55-26(4)7-12-36(55)42-49-34-11-9-28-20-33-31-10-8-29(19-30(31)23-63-37(33)21-32(28)40(34)51-42)35-22-48-43(50-35)41-25(3)13-16-54(41)44(56)39(53-47(59)61-6)27-14-17-62-18-15-27/h8-11,19-22,24-27,36,38-39,41H,7,12-18,23H2,1-6H3,(H,48,50)(H,49,51)(H,52,58)(H,53,59)/t25-,26+,36+,38+,39+,41+/m1/s1. The molecule has 4 amide bonds. The molecule has 6 atom stereocenters. The van der Waals surface area contributed by atoms with Crippen LogP contribution in [0, 0.1) is 17.8 Å². The van der Waals surface area contributed by atoms with Crippen LogP contribution in [-0.2, 0) is 30.4 Å². The number of rotatable bonds is 9. The summed E-state index contributed by atoms with van der Waals surface area (Å²) in [7, 11) is 2.60. The first-order chi connectivity index (χ1) is 30.4. The second-order valence-electron chi connectivity index (χ2n) is 17.8. The monoisotopic (exact) mass is 860 g/mol. The number of aromatic amines is 2. The molecule has 4 aliphatic rings. The van der Waals surface area contributed by atoms with Crippen LogP contribution in [-0.4, -0.2) is 106 Å². The molecular formula is C47H56N8O8. The maximum absolute atomic E-state index is 14.2. The van der Waals surface area contributed by atoms with Gasteiger partial charge in [0.1, 0.15) is 36.1 Å². The first-order valence-corrected chi connectivity index (χ1v) is 22.1. The third kappa shape index (κ3) is 7.82. The number of hydrogen-bond donors (Lipinski definition) is 4. The second-order valence-corrected chi connectivity index (χ2v) is 17.8. The number of carbonyl (C=O) groups excluding carboxylic acids is 4. The molecular weight excluding hydrogens is 805 g/mol. The van der Waals surface area contributed by atoms with Gasteiger partial charge in [-0.1, -0.05) is 39.0 Å². The predicted octanol–water partition coefficient (Wildman–Crippen LogP) is 7.16. The van der Waals surface area contributed by atoms with Crippen LogP contribution in [0.1, 0.15) is 89.1 Å². The van der Waals surface area contributed by atoms with Crippen molar-refractivity contribution in [3.8, 4) is 28.1 Å². The average molecular weight is 861 g/mol. The van der Waals surface area contributed by atoms with Crippen LogP contribution in [0.5, 0.6) is 5.75 Å². The lowest BCUT2D eigenvalue weighted by Crippen LogP contribution is -2.53. The van der Waals surface area contributed by atoms with Gasteiger partial charge >= 0.3 is 12.2 Å². The van der Waals surface area contributed by atoms with Gasteiger partial charge in [-0.15, -0.1) is 0 Å². The third-order valence-electron chi connectivity index (χ3n) is 13.6. The molecule has 2 aromatic heterocycles. The molecule has 0 aliphatic carbocycles. The van der Waals surface area contributed by atoms with E-state index in [4.69, 9.17) is 28.9 Å². The van der Waals surface area contributed by atoms with Crippen molar-refractivity contribution < 1.29 is 38.1 Å². The highest BCUT2D eigenvalue weighted by molar-refractivity contribution is 6.07. The van der Waals surface area contributed by atoms with Crippen molar-refractivity contribution in [2.75, 3.05) is 34.0 Å². The molecule has 63 heavy (non-hydrogen) atoms. The number of benzene rings is 3. The highest BCUT2D eigenvalue weighted by Gasteiger charge is 2.44. The summed E-state index contributed by atoms with van der Waals surface area (Å²) in [5.41, 5.74) is 6.58. The number of alkyl carbamates (subject to hydrolysis) is 2. The summed E-state index contributed by atoms with van der Waals surface area (Å²) in [6.45, 7) is 10.0. The lowest BCUT2D eigenvalue weighted by molar-refractivity contribution is -0.138. The number of ether oxygens (including phenoxy) is 4. The van der Waals surface area contributed by atoms with E-state index >= 15 is 0 Å². The van der Waals surface area contributed by atoms with E-state index in [2.05, 4.69) is 63.9 Å². The highest BCUT2D eigenvalue weighted by atomic mass is 16.5. The molecule has 4 N–H and O–H groups in total. The van der Waals surface area contributed by atoms with Crippen LogP contribution in [0.2, 0.25) is 0 Å². The number of likely N-dealkylation sites (tertiary alicyclic amines) is 2. The fraction of sp³-hybridized carbons (Fsp3) is 0.489. The lowest BCUT2D eigenvalue weighted by atomic mass is 9.90. The lowest BCUT2D eigenvalue weighted by Gasteiger charge is -2.34. The molecule has 9 rings (SSSR count). The number of carbonyl (C=O) groups is 4. The van der Waals surface area contributed by atoms with Crippen LogP contribution in [0.25, 0.3) is 44.2 Å². The highest BCUT2D eigenvalue weighted by Crippen LogP contribution is 2.44. The molecule has 0 unspecified atom stereocenters. The first-order valence-electron chi connectivity index (χ1n) is 22.1. The van der Waals surface area contributed by atoms with Crippen LogP contribution in [0.3, 0.4) is 0 Å². The van der Waals surface area contributed by atoms with Gasteiger partial charge in [-0.2, -0.15) is 0 Å². The van der Waals surface area contributed by atoms with Crippen LogP contribution in [0.15, 0.2) is 48.7 Å². The molecule has 16 heteroatoms. The van der Waals surface area contributed by atoms with Gasteiger partial charge in [-0.3, -0.25) is 9.59 Å². The van der Waals surface area contributed by atoms with Gasteiger partial charge in [0.2, 0.25) is 11.8 Å². The molecule has 0 radical (unpaired) electrons. The van der Waals surface area contributed by atoms with Crippen molar-refractivity contribution in [1.82, 2.24) is 40.4 Å². The van der Waals surface area contributed by atoms with Crippen molar-refractivity contribution in [2.45, 2.75) is 96.6 Å². The fourth-order valence-corrected chi connectivity index (χ4v) is 10.2. The second kappa shape index (κ2) is 17.2. The van der Waals surface area contributed by atoms with Crippen LogP contribution >= 0.6 is 0 Å². The van der Waals surface area contributed by atoms with Gasteiger partial charge in [0.25, 0.3) is 0 Å². The van der Waals surface area contributed by atoms with Crippen LogP contribution in [0.4, 0.5) is 9.59 Å². The van der Waals surface area contributed by atoms with Gasteiger partial charge < -0.3 is 49.3 Å². The summed E-state index contributed by atoms with van der Waals surface area (Å²) in [5, 5.41) is 7.53. The summed E-state index contributed by atoms with van der Waals surface area (Å²) in [5.74, 6) is 1.88. The van der Waals surface area contributed by atoms with Crippen molar-refractivity contribution in [3.05, 3.63) is 65.9 Å². The van der Waals surface area contributed by atoms with E-state index in [-0.39, 0.29) is 47.7 Å². The van der Waals surface area contributed by atoms with Crippen molar-refractivity contribution in [1.29, 1.82) is 0 Å². The minimum absolute atomic E-state index is 0.0278. The van der Waals surface area contributed by atoms with Crippen LogP contribution < -0.4 is 15.4 Å². The Morgan fingerprint density at radius 1 is 0.857 bits per heavy atom. The molecule has 0 spiro atoms. The number of imidazole rings is 2. The molecule has 0 bridgehead atoms. The van der Waals surface area contributed by atoms with E-state index < -0.39 is 24.3 Å². The summed E-state index contributed by atoms with van der Waals surface area (Å²) >= 11 is 0. The van der Waals surface area contributed by atoms with Crippen molar-refractivity contribution in [2.24, 2.45) is 17.8 Å². The fourth-order valence-electron chi connectivity index (χ4n) is 10.2. The SMILES string of the molecule is COC(=O)N[C@H](C(=O)N1[C@@H](C)CC[C@H]1c1nc2c(ccc3cc4c(cc32)OCc2cc(-c3cnc([C@@H]5[C@H](C)CCN5C(=O)[C@@H](NC(=O)OC)C5CCOCC5)[nH]3)ccc2-4)[nH]1)C(C)C. The zero-order valence-electron chi connectivity index (χ0n) is 36.7. The van der Waals surface area contributed by atoms with Crippen molar-refractivity contribution >= 4 is 45.8 Å². The van der Waals surface area contributed by atoms with Gasteiger partial charge in [0, 0.05) is 36.8 Å². The third-order valence-corrected chi connectivity index (χ3v) is 13.6. The Morgan fingerprint density at radius 2 is 1.63 bits per heavy atom. The molecule has 3 aromatic carbocycles. The Kier molecular flexibility index (Phi) is 11.5. The van der Waals surface area contributed by atoms with Gasteiger partial charge in [0.05, 0.1) is 49.2 Å². The number of nitrogens with zero attached hydrogens (tertiary/aromatic N) is 4. The molecule has 3 fully saturated rings. The van der Waals surface area contributed by atoms with E-state index in [0.717, 1.165) is 74.8 Å². The molecule has 4 aliphatic heterocycles. The maximum Gasteiger partial charge on any atom is 0.407 e. The van der Waals surface area contributed by atoms with Crippen molar-refractivity contribution in [3.63, 3.8) is 0 Å².